The maximum atomic E-state index is 12.1. The second kappa shape index (κ2) is 6.34. The van der Waals surface area contributed by atoms with Crippen LogP contribution < -0.4 is 5.32 Å². The number of benzene rings is 2. The van der Waals surface area contributed by atoms with E-state index in [1.54, 1.807) is 18.2 Å². The number of fused-ring (bicyclic) bond motifs is 1. The van der Waals surface area contributed by atoms with Gasteiger partial charge in [-0.15, -0.1) is 0 Å². The van der Waals surface area contributed by atoms with E-state index in [0.717, 1.165) is 22.0 Å². The summed E-state index contributed by atoms with van der Waals surface area (Å²) in [4.78, 5) is 15.3. The summed E-state index contributed by atoms with van der Waals surface area (Å²) in [5, 5.41) is 14.5. The van der Waals surface area contributed by atoms with Gasteiger partial charge in [0.25, 0.3) is 5.91 Å². The minimum Gasteiger partial charge on any atom is -0.507 e. The molecule has 0 fully saturated rings. The molecule has 3 rings (SSSR count). The van der Waals surface area contributed by atoms with Crippen molar-refractivity contribution < 1.29 is 9.90 Å². The number of carbonyl (C=O) groups is 1. The normalized spacial score (nSPS) is 10.9. The Kier molecular flexibility index (Phi) is 4.26. The molecule has 0 atom stereocenters. The van der Waals surface area contributed by atoms with Gasteiger partial charge in [-0.2, -0.15) is 0 Å². The Hall–Kier alpha value is -2.46. The Morgan fingerprint density at radius 2 is 2.09 bits per heavy atom. The molecule has 1 aromatic heterocycles. The maximum Gasteiger partial charge on any atom is 0.255 e. The lowest BCUT2D eigenvalue weighted by molar-refractivity contribution is 0.0951. The quantitative estimate of drug-likeness (QED) is 0.682. The van der Waals surface area contributed by atoms with E-state index in [1.165, 1.54) is 0 Å². The van der Waals surface area contributed by atoms with Crippen LogP contribution in [0.15, 0.2) is 42.6 Å². The number of hydrogen-bond donors (Lipinski definition) is 3. The average molecular weight is 329 g/mol. The van der Waals surface area contributed by atoms with Gasteiger partial charge in [-0.05, 0) is 48.7 Å². The van der Waals surface area contributed by atoms with Gasteiger partial charge < -0.3 is 15.4 Å². The first kappa shape index (κ1) is 15.4. The molecule has 0 radical (unpaired) electrons. The van der Waals surface area contributed by atoms with Crippen molar-refractivity contribution >= 4 is 28.4 Å². The van der Waals surface area contributed by atoms with Gasteiger partial charge >= 0.3 is 0 Å². The van der Waals surface area contributed by atoms with Crippen molar-refractivity contribution in [3.05, 3.63) is 64.3 Å². The van der Waals surface area contributed by atoms with Crippen LogP contribution in [0, 0.1) is 6.92 Å². The molecule has 0 aliphatic heterocycles. The predicted octanol–water partition coefficient (Wildman–Crippen LogP) is 3.81. The Labute approximate surface area is 139 Å². The number of phenols is 1. The number of aromatic nitrogens is 1. The molecule has 1 amide bonds. The van der Waals surface area contributed by atoms with Crippen LogP contribution in [-0.2, 0) is 6.42 Å². The highest BCUT2D eigenvalue weighted by molar-refractivity contribution is 6.31. The molecule has 118 valence electrons. The van der Waals surface area contributed by atoms with E-state index in [1.807, 2.05) is 31.3 Å². The highest BCUT2D eigenvalue weighted by atomic mass is 35.5. The lowest BCUT2D eigenvalue weighted by Gasteiger charge is -2.07. The summed E-state index contributed by atoms with van der Waals surface area (Å²) >= 11 is 5.97. The van der Waals surface area contributed by atoms with Crippen molar-refractivity contribution in [3.63, 3.8) is 0 Å². The van der Waals surface area contributed by atoms with E-state index in [4.69, 9.17) is 11.6 Å². The zero-order valence-corrected chi connectivity index (χ0v) is 13.4. The van der Waals surface area contributed by atoms with Crippen molar-refractivity contribution in [2.45, 2.75) is 13.3 Å². The number of aromatic amines is 1. The van der Waals surface area contributed by atoms with E-state index < -0.39 is 0 Å². The second-order valence-electron chi connectivity index (χ2n) is 5.53. The lowest BCUT2D eigenvalue weighted by atomic mass is 10.1. The van der Waals surface area contributed by atoms with Crippen LogP contribution in [0.2, 0.25) is 5.02 Å². The number of carbonyl (C=O) groups excluding carboxylic acids is 1. The standard InChI is InChI=1S/C18H17ClN2O2/c1-11-2-4-15(17(22)8-11)18(23)20-7-6-12-10-21-16-9-13(19)3-5-14(12)16/h2-5,8-10,21-22H,6-7H2,1H3,(H,20,23). The molecule has 23 heavy (non-hydrogen) atoms. The SMILES string of the molecule is Cc1ccc(C(=O)NCCc2c[nH]c3cc(Cl)ccc23)c(O)c1. The Bertz CT molecular complexity index is 871. The van der Waals surface area contributed by atoms with Crippen LogP contribution in [0.3, 0.4) is 0 Å². The molecular formula is C18H17ClN2O2. The molecular weight excluding hydrogens is 312 g/mol. The molecule has 1 heterocycles. The molecule has 4 nitrogen and oxygen atoms in total. The number of rotatable bonds is 4. The van der Waals surface area contributed by atoms with Gasteiger partial charge in [0.2, 0.25) is 0 Å². The molecule has 2 aromatic carbocycles. The highest BCUT2D eigenvalue weighted by Crippen LogP contribution is 2.22. The zero-order chi connectivity index (χ0) is 16.4. The Morgan fingerprint density at radius 3 is 2.87 bits per heavy atom. The van der Waals surface area contributed by atoms with Gasteiger partial charge in [0.05, 0.1) is 5.56 Å². The van der Waals surface area contributed by atoms with Crippen LogP contribution in [0.5, 0.6) is 5.75 Å². The molecule has 3 N–H and O–H groups in total. The number of aryl methyl sites for hydroxylation is 1. The Balaban J connectivity index is 1.65. The largest absolute Gasteiger partial charge is 0.507 e. The first-order chi connectivity index (χ1) is 11.0. The average Bonchev–Trinajstić information content (AvgIpc) is 2.89. The van der Waals surface area contributed by atoms with Gasteiger partial charge in [0.15, 0.2) is 0 Å². The number of amides is 1. The summed E-state index contributed by atoms with van der Waals surface area (Å²) in [6.07, 6.45) is 2.62. The lowest BCUT2D eigenvalue weighted by Crippen LogP contribution is -2.25. The predicted molar refractivity (Wildman–Crippen MR) is 92.2 cm³/mol. The first-order valence-corrected chi connectivity index (χ1v) is 7.76. The monoisotopic (exact) mass is 328 g/mol. The molecule has 0 bridgehead atoms. The van der Waals surface area contributed by atoms with E-state index >= 15 is 0 Å². The van der Waals surface area contributed by atoms with Gasteiger partial charge in [0, 0.05) is 28.7 Å². The minimum absolute atomic E-state index is 0.00392. The topological polar surface area (TPSA) is 65.1 Å². The first-order valence-electron chi connectivity index (χ1n) is 7.38. The van der Waals surface area contributed by atoms with Crippen LogP contribution >= 0.6 is 11.6 Å². The fourth-order valence-electron chi connectivity index (χ4n) is 2.60. The van der Waals surface area contributed by atoms with Crippen molar-refractivity contribution in [1.29, 1.82) is 0 Å². The number of H-pyrrole nitrogens is 1. The summed E-state index contributed by atoms with van der Waals surface area (Å²) in [5.41, 5.74) is 3.30. The summed E-state index contributed by atoms with van der Waals surface area (Å²) < 4.78 is 0. The zero-order valence-electron chi connectivity index (χ0n) is 12.7. The summed E-state index contributed by atoms with van der Waals surface area (Å²) in [5.74, 6) is -0.269. The maximum absolute atomic E-state index is 12.1. The molecule has 0 saturated carbocycles. The van der Waals surface area contributed by atoms with E-state index in [9.17, 15) is 9.90 Å². The summed E-state index contributed by atoms with van der Waals surface area (Å²) in [6, 6.07) is 10.7. The Morgan fingerprint density at radius 1 is 1.26 bits per heavy atom. The van der Waals surface area contributed by atoms with Crippen LogP contribution in [0.1, 0.15) is 21.5 Å². The smallest absolute Gasteiger partial charge is 0.255 e. The third-order valence-electron chi connectivity index (χ3n) is 3.81. The van der Waals surface area contributed by atoms with Crippen LogP contribution in [0.4, 0.5) is 0 Å². The highest BCUT2D eigenvalue weighted by Gasteiger charge is 2.11. The van der Waals surface area contributed by atoms with Gasteiger partial charge in [-0.1, -0.05) is 23.7 Å². The third-order valence-corrected chi connectivity index (χ3v) is 4.04. The molecule has 0 spiro atoms. The minimum atomic E-state index is -0.273. The molecule has 5 heteroatoms. The molecule has 0 saturated heterocycles. The summed E-state index contributed by atoms with van der Waals surface area (Å²) in [7, 11) is 0. The summed E-state index contributed by atoms with van der Waals surface area (Å²) in [6.45, 7) is 2.35. The van der Waals surface area contributed by atoms with E-state index in [0.29, 0.717) is 23.6 Å². The fraction of sp³-hybridized carbons (Fsp3) is 0.167. The fourth-order valence-corrected chi connectivity index (χ4v) is 2.78. The number of halogens is 1. The number of nitrogens with one attached hydrogen (secondary N) is 2. The van der Waals surface area contributed by atoms with Gasteiger partial charge in [-0.25, -0.2) is 0 Å². The van der Waals surface area contributed by atoms with Gasteiger partial charge in [0.1, 0.15) is 5.75 Å². The van der Waals surface area contributed by atoms with Crippen molar-refractivity contribution in [3.8, 4) is 5.75 Å². The van der Waals surface area contributed by atoms with Crippen molar-refractivity contribution in [1.82, 2.24) is 10.3 Å². The second-order valence-corrected chi connectivity index (χ2v) is 5.97. The molecule has 0 aliphatic carbocycles. The molecule has 3 aromatic rings. The van der Waals surface area contributed by atoms with Crippen LogP contribution in [0.25, 0.3) is 10.9 Å². The van der Waals surface area contributed by atoms with E-state index in [-0.39, 0.29) is 11.7 Å². The number of hydrogen-bond acceptors (Lipinski definition) is 2. The third kappa shape index (κ3) is 3.32. The molecule has 0 aliphatic rings. The number of aromatic hydroxyl groups is 1. The van der Waals surface area contributed by atoms with Crippen molar-refractivity contribution in [2.75, 3.05) is 6.54 Å². The van der Waals surface area contributed by atoms with Crippen LogP contribution in [-0.4, -0.2) is 22.5 Å². The number of phenolic OH excluding ortho intramolecular Hbond substituents is 1. The van der Waals surface area contributed by atoms with Gasteiger partial charge in [-0.3, -0.25) is 4.79 Å². The van der Waals surface area contributed by atoms with Crippen molar-refractivity contribution in [2.24, 2.45) is 0 Å². The molecule has 0 unspecified atom stereocenters. The van der Waals surface area contributed by atoms with E-state index in [2.05, 4.69) is 10.3 Å².